The summed E-state index contributed by atoms with van der Waals surface area (Å²) in [6.45, 7) is 0. The molecule has 0 unspecified atom stereocenters. The summed E-state index contributed by atoms with van der Waals surface area (Å²) >= 11 is 0. The number of anilines is 1. The van der Waals surface area contributed by atoms with Crippen molar-refractivity contribution in [2.75, 3.05) is 5.32 Å². The predicted octanol–water partition coefficient (Wildman–Crippen LogP) is 2.00. The van der Waals surface area contributed by atoms with E-state index in [0.29, 0.717) is 17.3 Å². The zero-order chi connectivity index (χ0) is 16.2. The molecule has 0 bridgehead atoms. The summed E-state index contributed by atoms with van der Waals surface area (Å²) in [6, 6.07) is 6.62. The quantitative estimate of drug-likeness (QED) is 0.684. The number of urea groups is 1. The second-order valence-corrected chi connectivity index (χ2v) is 6.39. The van der Waals surface area contributed by atoms with Crippen LogP contribution in [0.15, 0.2) is 24.3 Å². The van der Waals surface area contributed by atoms with Gasteiger partial charge in [0.15, 0.2) is 0 Å². The van der Waals surface area contributed by atoms with E-state index in [1.807, 2.05) is 0 Å². The monoisotopic (exact) mass is 317 g/mol. The Hall–Kier alpha value is -2.08. The molecule has 3 amide bonds. The van der Waals surface area contributed by atoms with Crippen LogP contribution in [-0.2, 0) is 0 Å². The molecule has 0 saturated heterocycles. The molecule has 2 aliphatic rings. The van der Waals surface area contributed by atoms with Crippen molar-refractivity contribution in [2.24, 2.45) is 0 Å². The molecule has 0 aromatic heterocycles. The van der Waals surface area contributed by atoms with Crippen LogP contribution in [0.1, 0.15) is 48.9 Å². The highest BCUT2D eigenvalue weighted by atomic mass is 16.3. The minimum absolute atomic E-state index is 0.112. The molecule has 0 heterocycles. The Morgan fingerprint density at radius 1 is 1.04 bits per heavy atom. The molecule has 1 aromatic rings. The maximum absolute atomic E-state index is 12.1. The molecule has 6 nitrogen and oxygen atoms in total. The van der Waals surface area contributed by atoms with Crippen LogP contribution in [-0.4, -0.2) is 35.2 Å². The van der Waals surface area contributed by atoms with Gasteiger partial charge in [-0.05, 0) is 43.9 Å². The topological polar surface area (TPSA) is 90.5 Å². The Labute approximate surface area is 135 Å². The lowest BCUT2D eigenvalue weighted by atomic mass is 9.93. The Balaban J connectivity index is 1.56. The summed E-state index contributed by atoms with van der Waals surface area (Å²) in [4.78, 5) is 24.1. The predicted molar refractivity (Wildman–Crippen MR) is 87.3 cm³/mol. The van der Waals surface area contributed by atoms with Gasteiger partial charge in [0.25, 0.3) is 5.91 Å². The Morgan fingerprint density at radius 2 is 1.83 bits per heavy atom. The maximum Gasteiger partial charge on any atom is 0.319 e. The molecule has 124 valence electrons. The number of carbonyl (C=O) groups is 2. The van der Waals surface area contributed by atoms with Gasteiger partial charge < -0.3 is 21.1 Å². The van der Waals surface area contributed by atoms with Gasteiger partial charge in [0.05, 0.1) is 12.1 Å². The highest BCUT2D eigenvalue weighted by Crippen LogP contribution is 2.20. The first-order chi connectivity index (χ1) is 11.1. The SMILES string of the molecule is O=C(Nc1cccc(C(=O)NC2CC2)c1)N[C@H]1CCCC[C@H]1O. The minimum Gasteiger partial charge on any atom is -0.391 e. The molecule has 0 aliphatic heterocycles. The van der Waals surface area contributed by atoms with Crippen LogP contribution in [0.2, 0.25) is 0 Å². The average Bonchev–Trinajstić information content (AvgIpc) is 3.34. The molecule has 4 N–H and O–H groups in total. The number of benzene rings is 1. The highest BCUT2D eigenvalue weighted by molar-refractivity contribution is 5.97. The van der Waals surface area contributed by atoms with E-state index >= 15 is 0 Å². The highest BCUT2D eigenvalue weighted by Gasteiger charge is 2.25. The molecule has 2 fully saturated rings. The van der Waals surface area contributed by atoms with Gasteiger partial charge in [0.1, 0.15) is 0 Å². The fraction of sp³-hybridized carbons (Fsp3) is 0.529. The number of hydrogen-bond acceptors (Lipinski definition) is 3. The lowest BCUT2D eigenvalue weighted by molar-refractivity contribution is 0.0950. The first kappa shape index (κ1) is 15.8. The third kappa shape index (κ3) is 4.45. The fourth-order valence-corrected chi connectivity index (χ4v) is 2.85. The van der Waals surface area contributed by atoms with E-state index in [1.54, 1.807) is 24.3 Å². The van der Waals surface area contributed by atoms with Crippen LogP contribution in [0.4, 0.5) is 10.5 Å². The second kappa shape index (κ2) is 7.00. The molecule has 0 spiro atoms. The van der Waals surface area contributed by atoms with Crippen LogP contribution >= 0.6 is 0 Å². The van der Waals surface area contributed by atoms with Crippen molar-refractivity contribution in [1.29, 1.82) is 0 Å². The van der Waals surface area contributed by atoms with Crippen molar-refractivity contribution in [3.63, 3.8) is 0 Å². The van der Waals surface area contributed by atoms with Gasteiger partial charge in [-0.25, -0.2) is 4.79 Å². The van der Waals surface area contributed by atoms with Gasteiger partial charge in [0.2, 0.25) is 0 Å². The van der Waals surface area contributed by atoms with Gasteiger partial charge in [-0.3, -0.25) is 4.79 Å². The van der Waals surface area contributed by atoms with Crippen LogP contribution in [0, 0.1) is 0 Å². The molecule has 6 heteroatoms. The zero-order valence-corrected chi connectivity index (χ0v) is 13.0. The van der Waals surface area contributed by atoms with Crippen LogP contribution in [0.3, 0.4) is 0 Å². The number of aliphatic hydroxyl groups is 1. The number of amides is 3. The van der Waals surface area contributed by atoms with E-state index in [4.69, 9.17) is 0 Å². The molecular weight excluding hydrogens is 294 g/mol. The Morgan fingerprint density at radius 3 is 2.57 bits per heavy atom. The Kier molecular flexibility index (Phi) is 4.81. The van der Waals surface area contributed by atoms with Gasteiger partial charge in [-0.15, -0.1) is 0 Å². The molecule has 1 aromatic carbocycles. The van der Waals surface area contributed by atoms with Crippen LogP contribution in [0.25, 0.3) is 0 Å². The molecule has 3 rings (SSSR count). The van der Waals surface area contributed by atoms with Crippen molar-refractivity contribution in [3.8, 4) is 0 Å². The van der Waals surface area contributed by atoms with E-state index < -0.39 is 6.10 Å². The molecule has 2 saturated carbocycles. The number of rotatable bonds is 4. The second-order valence-electron chi connectivity index (χ2n) is 6.39. The van der Waals surface area contributed by atoms with Gasteiger partial charge in [-0.1, -0.05) is 18.9 Å². The van der Waals surface area contributed by atoms with Crippen molar-refractivity contribution in [3.05, 3.63) is 29.8 Å². The molecule has 23 heavy (non-hydrogen) atoms. The maximum atomic E-state index is 12.1. The summed E-state index contributed by atoms with van der Waals surface area (Å²) in [5, 5.41) is 18.4. The number of aliphatic hydroxyl groups excluding tert-OH is 1. The first-order valence-electron chi connectivity index (χ1n) is 8.28. The lowest BCUT2D eigenvalue weighted by Crippen LogP contribution is -2.46. The smallest absolute Gasteiger partial charge is 0.319 e. The molecular formula is C17H23N3O3. The van der Waals surface area contributed by atoms with E-state index in [9.17, 15) is 14.7 Å². The summed E-state index contributed by atoms with van der Waals surface area (Å²) in [7, 11) is 0. The fourth-order valence-electron chi connectivity index (χ4n) is 2.85. The summed E-state index contributed by atoms with van der Waals surface area (Å²) < 4.78 is 0. The van der Waals surface area contributed by atoms with Crippen LogP contribution in [0.5, 0.6) is 0 Å². The number of carbonyl (C=O) groups excluding carboxylic acids is 2. The van der Waals surface area contributed by atoms with Gasteiger partial charge in [0, 0.05) is 17.3 Å². The van der Waals surface area contributed by atoms with Crippen molar-refractivity contribution < 1.29 is 14.7 Å². The van der Waals surface area contributed by atoms with Crippen LogP contribution < -0.4 is 16.0 Å². The first-order valence-corrected chi connectivity index (χ1v) is 8.28. The minimum atomic E-state index is -0.481. The van der Waals surface area contributed by atoms with E-state index in [2.05, 4.69) is 16.0 Å². The molecule has 0 radical (unpaired) electrons. The normalized spacial score (nSPS) is 23.9. The summed E-state index contributed by atoms with van der Waals surface area (Å²) in [6.07, 6.45) is 5.12. The van der Waals surface area contributed by atoms with E-state index in [-0.39, 0.29) is 18.0 Å². The van der Waals surface area contributed by atoms with Crippen molar-refractivity contribution in [1.82, 2.24) is 10.6 Å². The zero-order valence-electron chi connectivity index (χ0n) is 13.0. The Bertz CT molecular complexity index is 586. The van der Waals surface area contributed by atoms with Crippen molar-refractivity contribution in [2.45, 2.75) is 56.7 Å². The summed E-state index contributed by atoms with van der Waals surface area (Å²) in [5.74, 6) is -0.112. The van der Waals surface area contributed by atoms with E-state index in [0.717, 1.165) is 38.5 Å². The third-order valence-electron chi connectivity index (χ3n) is 4.34. The molecule has 2 aliphatic carbocycles. The molecule has 2 atom stereocenters. The lowest BCUT2D eigenvalue weighted by Gasteiger charge is -2.28. The average molecular weight is 317 g/mol. The number of nitrogens with one attached hydrogen (secondary N) is 3. The van der Waals surface area contributed by atoms with Crippen molar-refractivity contribution >= 4 is 17.6 Å². The number of hydrogen-bond donors (Lipinski definition) is 4. The third-order valence-corrected chi connectivity index (χ3v) is 4.34. The van der Waals surface area contributed by atoms with E-state index in [1.165, 1.54) is 0 Å². The largest absolute Gasteiger partial charge is 0.391 e. The van der Waals surface area contributed by atoms with Gasteiger partial charge in [-0.2, -0.15) is 0 Å². The summed E-state index contributed by atoms with van der Waals surface area (Å²) in [5.41, 5.74) is 1.10. The van der Waals surface area contributed by atoms with Gasteiger partial charge >= 0.3 is 6.03 Å². The standard InChI is InChI=1S/C17H23N3O3/c21-15-7-2-1-6-14(15)20-17(23)19-13-5-3-4-11(10-13)16(22)18-12-8-9-12/h3-5,10,12,14-15,21H,1-2,6-9H2,(H,18,22)(H2,19,20,23)/t14-,15+/m0/s1.